The molecule has 2 aliphatic rings. The summed E-state index contributed by atoms with van der Waals surface area (Å²) < 4.78 is 15.7. The second-order valence-corrected chi connectivity index (χ2v) is 8.10. The maximum absolute atomic E-state index is 12.5. The lowest BCUT2D eigenvalue weighted by Gasteiger charge is -2.45. The summed E-state index contributed by atoms with van der Waals surface area (Å²) in [5, 5.41) is 51.1. The summed E-state index contributed by atoms with van der Waals surface area (Å²) in [6.45, 7) is 4.53. The first kappa shape index (κ1) is 22.3. The van der Waals surface area contributed by atoms with Gasteiger partial charge in [-0.3, -0.25) is 4.90 Å². The Labute approximate surface area is 158 Å². The Balaban J connectivity index is 2.22. The molecule has 0 aromatic rings. The fraction of sp³-hybridized carbons (Fsp3) is 0.941. The average molecular weight is 393 g/mol. The van der Waals surface area contributed by atoms with Crippen LogP contribution in [0.5, 0.6) is 0 Å². The van der Waals surface area contributed by atoms with Crippen LogP contribution >= 0.6 is 0 Å². The van der Waals surface area contributed by atoms with Gasteiger partial charge in [0.1, 0.15) is 11.7 Å². The highest BCUT2D eigenvalue weighted by molar-refractivity contribution is 5.69. The molecule has 0 aliphatic carbocycles. The van der Waals surface area contributed by atoms with Crippen molar-refractivity contribution in [2.24, 2.45) is 5.92 Å². The summed E-state index contributed by atoms with van der Waals surface area (Å²) in [4.78, 5) is 13.7. The SMILES string of the molecule is CO[C@@H]1O[C@H](CO)[C@@H](C(O)[C@@H]2C[C@@H](O)CN2C(=O)OC(C)(C)C)[C@H](O)[C@H]1O. The van der Waals surface area contributed by atoms with Gasteiger partial charge in [-0.2, -0.15) is 0 Å². The van der Waals surface area contributed by atoms with Crippen LogP contribution in [-0.2, 0) is 14.2 Å². The molecule has 2 heterocycles. The smallest absolute Gasteiger partial charge is 0.410 e. The predicted octanol–water partition coefficient (Wildman–Crippen LogP) is -1.58. The van der Waals surface area contributed by atoms with E-state index in [9.17, 15) is 30.3 Å². The quantitative estimate of drug-likeness (QED) is 0.381. The van der Waals surface area contributed by atoms with E-state index in [-0.39, 0.29) is 13.0 Å². The number of nitrogens with zero attached hydrogens (tertiary/aromatic N) is 1. The Morgan fingerprint density at radius 2 is 1.89 bits per heavy atom. The molecule has 2 fully saturated rings. The van der Waals surface area contributed by atoms with Gasteiger partial charge in [-0.1, -0.05) is 0 Å². The number of aliphatic hydroxyl groups is 5. The van der Waals surface area contributed by atoms with E-state index in [1.165, 1.54) is 12.0 Å². The van der Waals surface area contributed by atoms with Crippen molar-refractivity contribution in [2.45, 2.75) is 75.6 Å². The van der Waals surface area contributed by atoms with Gasteiger partial charge >= 0.3 is 6.09 Å². The number of β-amino-alcohol motifs (C(OH)–C–C–N with tert-alkyl or cyclic N) is 1. The second kappa shape index (κ2) is 8.56. The number of aliphatic hydroxyl groups excluding tert-OH is 5. The minimum atomic E-state index is -1.46. The minimum absolute atomic E-state index is 0.0344. The highest BCUT2D eigenvalue weighted by Gasteiger charge is 2.52. The van der Waals surface area contributed by atoms with Crippen molar-refractivity contribution < 1.29 is 44.5 Å². The topological polar surface area (TPSA) is 149 Å². The lowest BCUT2D eigenvalue weighted by Crippen LogP contribution is -2.62. The van der Waals surface area contributed by atoms with E-state index >= 15 is 0 Å². The fourth-order valence-electron chi connectivity index (χ4n) is 3.69. The number of methoxy groups -OCH3 is 1. The first-order chi connectivity index (χ1) is 12.5. The van der Waals surface area contributed by atoms with Crippen molar-refractivity contribution >= 4 is 6.09 Å². The van der Waals surface area contributed by atoms with Crippen LogP contribution in [0.3, 0.4) is 0 Å². The summed E-state index contributed by atoms with van der Waals surface area (Å²) >= 11 is 0. The number of likely N-dealkylation sites (tertiary alicyclic amines) is 1. The van der Waals surface area contributed by atoms with Crippen LogP contribution < -0.4 is 0 Å². The highest BCUT2D eigenvalue weighted by atomic mass is 16.7. The number of rotatable bonds is 4. The molecular formula is C17H31NO9. The molecule has 1 amide bonds. The third-order valence-electron chi connectivity index (χ3n) is 4.91. The summed E-state index contributed by atoms with van der Waals surface area (Å²) in [6, 6.07) is -0.876. The highest BCUT2D eigenvalue weighted by Crippen LogP contribution is 2.34. The van der Waals surface area contributed by atoms with Gasteiger partial charge in [-0.15, -0.1) is 0 Å². The molecule has 10 heteroatoms. The van der Waals surface area contributed by atoms with Gasteiger partial charge < -0.3 is 39.7 Å². The zero-order chi connectivity index (χ0) is 20.5. The third kappa shape index (κ3) is 4.89. The van der Waals surface area contributed by atoms with E-state index in [0.29, 0.717) is 0 Å². The molecule has 2 saturated heterocycles. The zero-order valence-corrected chi connectivity index (χ0v) is 16.1. The van der Waals surface area contributed by atoms with Gasteiger partial charge in [0.05, 0.1) is 43.6 Å². The molecule has 2 rings (SSSR count). The molecule has 5 N–H and O–H groups in total. The standard InChI is InChI=1S/C17H31NO9/c1-17(2,3)27-16(24)18-6-8(20)5-9(18)12(21)11-10(7-19)26-15(25-4)14(23)13(11)22/h8-15,19-23H,5-7H2,1-4H3/t8-,9+,10-,11+,12?,13+,14-,15-/m1/s1. The molecule has 10 nitrogen and oxygen atoms in total. The van der Waals surface area contributed by atoms with Gasteiger partial charge in [0, 0.05) is 13.0 Å². The van der Waals surface area contributed by atoms with Gasteiger partial charge in [-0.05, 0) is 27.2 Å². The number of hydrogen-bond acceptors (Lipinski definition) is 9. The van der Waals surface area contributed by atoms with Crippen LogP contribution in [0.2, 0.25) is 0 Å². The number of amides is 1. The van der Waals surface area contributed by atoms with E-state index in [0.717, 1.165) is 0 Å². The maximum atomic E-state index is 12.5. The lowest BCUT2D eigenvalue weighted by atomic mass is 9.81. The first-order valence-electron chi connectivity index (χ1n) is 9.01. The fourth-order valence-corrected chi connectivity index (χ4v) is 3.69. The second-order valence-electron chi connectivity index (χ2n) is 8.10. The Bertz CT molecular complexity index is 509. The maximum Gasteiger partial charge on any atom is 0.410 e. The first-order valence-corrected chi connectivity index (χ1v) is 9.01. The average Bonchev–Trinajstić information content (AvgIpc) is 2.97. The van der Waals surface area contributed by atoms with Crippen molar-refractivity contribution in [2.75, 3.05) is 20.3 Å². The molecule has 1 unspecified atom stereocenters. The Hall–Kier alpha value is -1.01. The normalized spacial score (nSPS) is 38.7. The molecule has 0 bridgehead atoms. The Morgan fingerprint density at radius 3 is 2.41 bits per heavy atom. The van der Waals surface area contributed by atoms with Crippen LogP contribution in [0.1, 0.15) is 27.2 Å². The third-order valence-corrected chi connectivity index (χ3v) is 4.91. The van der Waals surface area contributed by atoms with Crippen LogP contribution in [0, 0.1) is 5.92 Å². The van der Waals surface area contributed by atoms with Gasteiger partial charge in [0.2, 0.25) is 0 Å². The molecule has 27 heavy (non-hydrogen) atoms. The van der Waals surface area contributed by atoms with Crippen molar-refractivity contribution in [3.8, 4) is 0 Å². The van der Waals surface area contributed by atoms with E-state index < -0.39 is 67.1 Å². The number of hydrogen-bond donors (Lipinski definition) is 5. The summed E-state index contributed by atoms with van der Waals surface area (Å²) in [5.41, 5.74) is -0.761. The van der Waals surface area contributed by atoms with E-state index in [1.807, 2.05) is 0 Å². The van der Waals surface area contributed by atoms with Gasteiger partial charge in [0.15, 0.2) is 6.29 Å². The summed E-state index contributed by atoms with van der Waals surface area (Å²) in [7, 11) is 1.28. The zero-order valence-electron chi connectivity index (χ0n) is 16.1. The molecule has 0 spiro atoms. The number of ether oxygens (including phenoxy) is 3. The largest absolute Gasteiger partial charge is 0.444 e. The molecule has 0 aromatic heterocycles. The molecular weight excluding hydrogens is 362 g/mol. The molecule has 0 saturated carbocycles. The monoisotopic (exact) mass is 393 g/mol. The number of carbonyl (C=O) groups is 1. The van der Waals surface area contributed by atoms with Gasteiger partial charge in [-0.25, -0.2) is 4.79 Å². The van der Waals surface area contributed by atoms with Crippen molar-refractivity contribution in [1.29, 1.82) is 0 Å². The van der Waals surface area contributed by atoms with Gasteiger partial charge in [0.25, 0.3) is 0 Å². The van der Waals surface area contributed by atoms with Crippen LogP contribution in [0.25, 0.3) is 0 Å². The summed E-state index contributed by atoms with van der Waals surface area (Å²) in [5.74, 6) is -1.10. The van der Waals surface area contributed by atoms with Crippen LogP contribution in [0.4, 0.5) is 4.79 Å². The van der Waals surface area contributed by atoms with Crippen LogP contribution in [0.15, 0.2) is 0 Å². The van der Waals surface area contributed by atoms with Crippen molar-refractivity contribution in [1.82, 2.24) is 4.90 Å². The lowest BCUT2D eigenvalue weighted by molar-refractivity contribution is -0.295. The summed E-state index contributed by atoms with van der Waals surface area (Å²) in [6.07, 6.45) is -7.99. The van der Waals surface area contributed by atoms with E-state index in [1.54, 1.807) is 20.8 Å². The minimum Gasteiger partial charge on any atom is -0.444 e. The van der Waals surface area contributed by atoms with Crippen molar-refractivity contribution in [3.63, 3.8) is 0 Å². The molecule has 8 atom stereocenters. The van der Waals surface area contributed by atoms with Crippen molar-refractivity contribution in [3.05, 3.63) is 0 Å². The van der Waals surface area contributed by atoms with E-state index in [2.05, 4.69) is 0 Å². The number of carbonyl (C=O) groups excluding carboxylic acids is 1. The molecule has 2 aliphatic heterocycles. The van der Waals surface area contributed by atoms with Crippen LogP contribution in [-0.4, -0.2) is 105 Å². The molecule has 158 valence electrons. The predicted molar refractivity (Wildman–Crippen MR) is 91.6 cm³/mol. The van der Waals surface area contributed by atoms with E-state index in [4.69, 9.17) is 14.2 Å². The Kier molecular flexibility index (Phi) is 7.06. The molecule has 0 radical (unpaired) electrons. The Morgan fingerprint density at radius 1 is 1.26 bits per heavy atom. The molecule has 0 aromatic carbocycles.